The van der Waals surface area contributed by atoms with E-state index in [1.165, 1.54) is 11.3 Å². The Balaban J connectivity index is 1.56. The second-order valence-corrected chi connectivity index (χ2v) is 11.3. The first kappa shape index (κ1) is 27.4. The normalized spacial score (nSPS) is 15.0. The number of thiazole rings is 1. The molecule has 1 aliphatic rings. The van der Waals surface area contributed by atoms with Crippen molar-refractivity contribution in [2.75, 3.05) is 6.61 Å². The van der Waals surface area contributed by atoms with E-state index in [1.807, 2.05) is 97.5 Å². The molecular formula is C34H30N4O3S. The van der Waals surface area contributed by atoms with E-state index in [0.29, 0.717) is 20.6 Å². The summed E-state index contributed by atoms with van der Waals surface area (Å²) >= 11 is 1.31. The molecule has 6 rings (SSSR count). The lowest BCUT2D eigenvalue weighted by Gasteiger charge is -2.24. The quantitative estimate of drug-likeness (QED) is 0.259. The number of carbonyl (C=O) groups excluding carboxylic acids is 1. The maximum Gasteiger partial charge on any atom is 0.338 e. The lowest BCUT2D eigenvalue weighted by molar-refractivity contribution is -0.139. The Hall–Kier alpha value is -4.82. The molecule has 0 unspecified atom stereocenters. The summed E-state index contributed by atoms with van der Waals surface area (Å²) in [5.74, 6) is -0.468. The predicted molar refractivity (Wildman–Crippen MR) is 165 cm³/mol. The van der Waals surface area contributed by atoms with Crippen molar-refractivity contribution >= 4 is 23.4 Å². The van der Waals surface area contributed by atoms with Crippen LogP contribution in [0, 0.1) is 13.8 Å². The summed E-state index contributed by atoms with van der Waals surface area (Å²) in [5.41, 5.74) is 7.20. The zero-order valence-electron chi connectivity index (χ0n) is 23.9. The first-order valence-corrected chi connectivity index (χ1v) is 14.6. The highest BCUT2D eigenvalue weighted by atomic mass is 32.1. The van der Waals surface area contributed by atoms with E-state index < -0.39 is 12.0 Å². The topological polar surface area (TPSA) is 78.5 Å². The Bertz CT molecular complexity index is 2000. The molecule has 0 fully saturated rings. The molecule has 5 aromatic rings. The van der Waals surface area contributed by atoms with Gasteiger partial charge >= 0.3 is 5.97 Å². The molecule has 0 N–H and O–H groups in total. The van der Waals surface area contributed by atoms with Gasteiger partial charge in [0.05, 0.1) is 39.8 Å². The van der Waals surface area contributed by atoms with Crippen molar-refractivity contribution < 1.29 is 9.53 Å². The molecule has 42 heavy (non-hydrogen) atoms. The molecule has 0 saturated heterocycles. The number of para-hydroxylation sites is 1. The zero-order valence-corrected chi connectivity index (χ0v) is 24.7. The average molecular weight is 575 g/mol. The van der Waals surface area contributed by atoms with Gasteiger partial charge in [0.2, 0.25) is 0 Å². The molecule has 0 bridgehead atoms. The molecule has 2 aromatic heterocycles. The number of carbonyl (C=O) groups is 1. The van der Waals surface area contributed by atoms with Gasteiger partial charge in [-0.3, -0.25) is 9.36 Å². The second-order valence-electron chi connectivity index (χ2n) is 10.3. The number of aryl methyl sites for hydroxylation is 2. The average Bonchev–Trinajstić information content (AvgIpc) is 3.54. The minimum absolute atomic E-state index is 0.221. The van der Waals surface area contributed by atoms with Crippen LogP contribution >= 0.6 is 11.3 Å². The third kappa shape index (κ3) is 5.05. The van der Waals surface area contributed by atoms with Crippen LogP contribution in [0.2, 0.25) is 0 Å². The summed E-state index contributed by atoms with van der Waals surface area (Å²) in [4.78, 5) is 32.6. The Kier molecular flexibility index (Phi) is 7.31. The van der Waals surface area contributed by atoms with E-state index in [0.717, 1.165) is 39.2 Å². The second kappa shape index (κ2) is 11.2. The van der Waals surface area contributed by atoms with Gasteiger partial charge in [0, 0.05) is 17.3 Å². The highest BCUT2D eigenvalue weighted by Crippen LogP contribution is 2.31. The number of aromatic nitrogens is 3. The van der Waals surface area contributed by atoms with Gasteiger partial charge in [-0.2, -0.15) is 5.10 Å². The monoisotopic (exact) mass is 574 g/mol. The molecule has 1 atom stereocenters. The van der Waals surface area contributed by atoms with Crippen LogP contribution in [0.1, 0.15) is 42.1 Å². The van der Waals surface area contributed by atoms with Crippen molar-refractivity contribution in [1.29, 1.82) is 0 Å². The molecule has 1 aliphatic heterocycles. The van der Waals surface area contributed by atoms with Crippen LogP contribution in [0.15, 0.2) is 106 Å². The largest absolute Gasteiger partial charge is 0.463 e. The highest BCUT2D eigenvalue weighted by Gasteiger charge is 2.33. The number of allylic oxidation sites excluding steroid dienone is 1. The fraction of sp³-hybridized carbons (Fsp3) is 0.176. The van der Waals surface area contributed by atoms with Crippen LogP contribution in [-0.4, -0.2) is 26.9 Å². The first-order valence-electron chi connectivity index (χ1n) is 13.8. The minimum Gasteiger partial charge on any atom is -0.463 e. The molecule has 0 amide bonds. The molecule has 3 heterocycles. The van der Waals surface area contributed by atoms with Crippen molar-refractivity contribution in [1.82, 2.24) is 14.3 Å². The number of benzene rings is 3. The molecule has 210 valence electrons. The number of nitrogens with zero attached hydrogens (tertiary/aromatic N) is 4. The molecule has 8 heteroatoms. The number of hydrogen-bond donors (Lipinski definition) is 0. The van der Waals surface area contributed by atoms with E-state index in [9.17, 15) is 9.59 Å². The Morgan fingerprint density at radius 2 is 1.62 bits per heavy atom. The van der Waals surface area contributed by atoms with E-state index in [2.05, 4.69) is 12.1 Å². The third-order valence-electron chi connectivity index (χ3n) is 7.28. The standard InChI is InChI=1S/C34H30N4O3S/c1-5-41-33(40)29-23(4)35-34-38(31(29)25-17-13-22(3)14-18-25)32(39)28(42-34)19-26-20-37(27-9-7-6-8-10-27)36-30(26)24-15-11-21(2)12-16-24/h6-20,31H,5H2,1-4H3/b28-19+/t31-/m0/s1. The molecule has 3 aromatic carbocycles. The Morgan fingerprint density at radius 3 is 2.29 bits per heavy atom. The number of hydrogen-bond acceptors (Lipinski definition) is 6. The summed E-state index contributed by atoms with van der Waals surface area (Å²) in [6, 6.07) is 25.3. The predicted octanol–water partition coefficient (Wildman–Crippen LogP) is 5.27. The van der Waals surface area contributed by atoms with Crippen LogP contribution in [0.3, 0.4) is 0 Å². The SMILES string of the molecule is CCOC(=O)C1=C(C)N=c2s/c(=C/c3cn(-c4ccccc4)nc3-c3ccc(C)cc3)c(=O)n2[C@H]1c1ccc(C)cc1. The maximum absolute atomic E-state index is 14.2. The molecule has 0 spiro atoms. The number of rotatable bonds is 6. The highest BCUT2D eigenvalue weighted by molar-refractivity contribution is 7.07. The summed E-state index contributed by atoms with van der Waals surface area (Å²) < 4.78 is 9.37. The van der Waals surface area contributed by atoms with Crippen molar-refractivity contribution in [3.63, 3.8) is 0 Å². The lowest BCUT2D eigenvalue weighted by atomic mass is 9.95. The van der Waals surface area contributed by atoms with Gasteiger partial charge in [-0.25, -0.2) is 14.5 Å². The zero-order chi connectivity index (χ0) is 29.4. The van der Waals surface area contributed by atoms with Crippen molar-refractivity contribution in [3.05, 3.63) is 138 Å². The van der Waals surface area contributed by atoms with E-state index in [-0.39, 0.29) is 12.2 Å². The molecule has 7 nitrogen and oxygen atoms in total. The van der Waals surface area contributed by atoms with E-state index >= 15 is 0 Å². The molecule has 0 saturated carbocycles. The fourth-order valence-corrected chi connectivity index (χ4v) is 6.18. The molecule has 0 aliphatic carbocycles. The Labute approximate surface area is 247 Å². The van der Waals surface area contributed by atoms with Gasteiger partial charge in [0.15, 0.2) is 4.80 Å². The molecule has 0 radical (unpaired) electrons. The number of esters is 1. The Morgan fingerprint density at radius 1 is 0.952 bits per heavy atom. The smallest absolute Gasteiger partial charge is 0.338 e. The summed E-state index contributed by atoms with van der Waals surface area (Å²) in [6.07, 6.45) is 3.82. The van der Waals surface area contributed by atoms with Crippen LogP contribution in [0.4, 0.5) is 0 Å². The van der Waals surface area contributed by atoms with E-state index in [1.54, 1.807) is 18.4 Å². The van der Waals surface area contributed by atoms with Crippen molar-refractivity contribution in [2.24, 2.45) is 4.99 Å². The fourth-order valence-electron chi connectivity index (χ4n) is 5.14. The summed E-state index contributed by atoms with van der Waals surface area (Å²) in [5, 5.41) is 4.91. The first-order chi connectivity index (χ1) is 20.3. The third-order valence-corrected chi connectivity index (χ3v) is 8.27. The van der Waals surface area contributed by atoms with Gasteiger partial charge in [-0.1, -0.05) is 89.2 Å². The number of fused-ring (bicyclic) bond motifs is 1. The van der Waals surface area contributed by atoms with Crippen LogP contribution in [-0.2, 0) is 9.53 Å². The van der Waals surface area contributed by atoms with Crippen LogP contribution in [0.25, 0.3) is 23.0 Å². The van der Waals surface area contributed by atoms with Gasteiger partial charge in [-0.05, 0) is 51.5 Å². The lowest BCUT2D eigenvalue weighted by Crippen LogP contribution is -2.39. The minimum atomic E-state index is -0.647. The maximum atomic E-state index is 14.2. The summed E-state index contributed by atoms with van der Waals surface area (Å²) in [7, 11) is 0. The van der Waals surface area contributed by atoms with Gasteiger partial charge in [0.1, 0.15) is 0 Å². The summed E-state index contributed by atoms with van der Waals surface area (Å²) in [6.45, 7) is 7.85. The van der Waals surface area contributed by atoms with Gasteiger partial charge in [-0.15, -0.1) is 0 Å². The van der Waals surface area contributed by atoms with Crippen LogP contribution < -0.4 is 14.9 Å². The molecular weight excluding hydrogens is 544 g/mol. The van der Waals surface area contributed by atoms with E-state index in [4.69, 9.17) is 14.8 Å². The van der Waals surface area contributed by atoms with Crippen molar-refractivity contribution in [2.45, 2.75) is 33.7 Å². The number of ether oxygens (including phenoxy) is 1. The van der Waals surface area contributed by atoms with Crippen molar-refractivity contribution in [3.8, 4) is 16.9 Å². The van der Waals surface area contributed by atoms with Crippen LogP contribution in [0.5, 0.6) is 0 Å². The van der Waals surface area contributed by atoms with Gasteiger partial charge < -0.3 is 4.74 Å². The van der Waals surface area contributed by atoms with Gasteiger partial charge in [0.25, 0.3) is 5.56 Å².